The predicted octanol–water partition coefficient (Wildman–Crippen LogP) is 2.54. The molecule has 0 aliphatic carbocycles. The van der Waals surface area contributed by atoms with Gasteiger partial charge in [0.2, 0.25) is 11.8 Å². The largest absolute Gasteiger partial charge is 0.323 e. The third-order valence-corrected chi connectivity index (χ3v) is 4.54. The zero-order chi connectivity index (χ0) is 18.1. The van der Waals surface area contributed by atoms with Crippen molar-refractivity contribution < 1.29 is 9.59 Å². The van der Waals surface area contributed by atoms with E-state index in [1.54, 1.807) is 4.90 Å². The lowest BCUT2D eigenvalue weighted by Gasteiger charge is -2.24. The van der Waals surface area contributed by atoms with Gasteiger partial charge in [-0.3, -0.25) is 9.59 Å². The smallest absolute Gasteiger partial charge is 0.245 e. The third kappa shape index (κ3) is 4.69. The highest BCUT2D eigenvalue weighted by Crippen LogP contribution is 2.26. The van der Waals surface area contributed by atoms with Crippen LogP contribution >= 0.6 is 11.8 Å². The van der Waals surface area contributed by atoms with E-state index in [-0.39, 0.29) is 29.2 Å². The number of amides is 2. The number of nitrogens with one attached hydrogen (secondary N) is 1. The van der Waals surface area contributed by atoms with Crippen LogP contribution in [0, 0.1) is 0 Å². The second-order valence-electron chi connectivity index (χ2n) is 8.08. The normalized spacial score (nSPS) is 15.8. The maximum Gasteiger partial charge on any atom is 0.245 e. The number of hydrogen-bond acceptors (Lipinski definition) is 5. The molecule has 6 nitrogen and oxygen atoms in total. The Labute approximate surface area is 147 Å². The van der Waals surface area contributed by atoms with Gasteiger partial charge in [0.25, 0.3) is 0 Å². The molecule has 1 aliphatic heterocycles. The molecule has 1 fully saturated rings. The van der Waals surface area contributed by atoms with Crippen LogP contribution in [-0.4, -0.2) is 44.9 Å². The summed E-state index contributed by atoms with van der Waals surface area (Å²) in [6, 6.07) is 1.81. The molecule has 24 heavy (non-hydrogen) atoms. The molecule has 132 valence electrons. The van der Waals surface area contributed by atoms with E-state index in [1.165, 1.54) is 11.8 Å². The van der Waals surface area contributed by atoms with Gasteiger partial charge in [0.1, 0.15) is 18.2 Å². The maximum absolute atomic E-state index is 12.3. The highest BCUT2D eigenvalue weighted by molar-refractivity contribution is 8.00. The fourth-order valence-corrected chi connectivity index (χ4v) is 3.03. The molecular weight excluding hydrogens is 324 g/mol. The number of carbonyl (C=O) groups is 2. The number of anilines is 1. The number of carbonyl (C=O) groups excluding carboxylic acids is 2. The molecule has 2 amide bonds. The zero-order valence-electron chi connectivity index (χ0n) is 15.3. The summed E-state index contributed by atoms with van der Waals surface area (Å²) in [5.41, 5.74) is 0.511. The molecular formula is C17H26N4O2S. The first kappa shape index (κ1) is 18.7. The van der Waals surface area contributed by atoms with Crippen molar-refractivity contribution in [1.82, 2.24) is 14.9 Å². The summed E-state index contributed by atoms with van der Waals surface area (Å²) in [4.78, 5) is 34.6. The molecule has 0 bridgehead atoms. The molecule has 1 aromatic rings. The fourth-order valence-electron chi connectivity index (χ4n) is 2.13. The van der Waals surface area contributed by atoms with Gasteiger partial charge in [-0.15, -0.1) is 11.8 Å². The van der Waals surface area contributed by atoms with Gasteiger partial charge in [0.15, 0.2) is 0 Å². The van der Waals surface area contributed by atoms with Gasteiger partial charge < -0.3 is 10.2 Å². The van der Waals surface area contributed by atoms with Crippen molar-refractivity contribution in [2.45, 2.75) is 52.4 Å². The summed E-state index contributed by atoms with van der Waals surface area (Å²) in [5, 5.41) is 2.82. The molecule has 0 aromatic carbocycles. The number of rotatable bonds is 3. The van der Waals surface area contributed by atoms with Crippen LogP contribution < -0.4 is 5.32 Å². The van der Waals surface area contributed by atoms with E-state index in [0.717, 1.165) is 5.69 Å². The Morgan fingerprint density at radius 2 is 1.88 bits per heavy atom. The second-order valence-corrected chi connectivity index (χ2v) is 9.03. The van der Waals surface area contributed by atoms with Crippen LogP contribution in [0.3, 0.4) is 0 Å². The molecule has 2 rings (SSSR count). The zero-order valence-corrected chi connectivity index (χ0v) is 16.1. The maximum atomic E-state index is 12.3. The van der Waals surface area contributed by atoms with Crippen LogP contribution in [-0.2, 0) is 20.4 Å². The number of nitrogens with zero attached hydrogens (tertiary/aromatic N) is 3. The van der Waals surface area contributed by atoms with Crippen LogP contribution in [0.2, 0.25) is 0 Å². The minimum Gasteiger partial charge on any atom is -0.323 e. The van der Waals surface area contributed by atoms with Crippen molar-refractivity contribution in [2.24, 2.45) is 0 Å². The van der Waals surface area contributed by atoms with Crippen molar-refractivity contribution in [1.29, 1.82) is 0 Å². The Morgan fingerprint density at radius 1 is 1.21 bits per heavy atom. The number of thioether (sulfide) groups is 1. The van der Waals surface area contributed by atoms with E-state index >= 15 is 0 Å². The van der Waals surface area contributed by atoms with Crippen molar-refractivity contribution >= 4 is 29.4 Å². The molecule has 7 heteroatoms. The van der Waals surface area contributed by atoms with Gasteiger partial charge >= 0.3 is 0 Å². The Bertz CT molecular complexity index is 615. The molecule has 1 aromatic heterocycles. The first-order valence-corrected chi connectivity index (χ1v) is 9.18. The fraction of sp³-hybridized carbons (Fsp3) is 0.647. The molecule has 0 atom stereocenters. The van der Waals surface area contributed by atoms with E-state index in [4.69, 9.17) is 0 Å². The Kier molecular flexibility index (Phi) is 5.22. The van der Waals surface area contributed by atoms with Crippen LogP contribution in [0.1, 0.15) is 53.1 Å². The molecule has 1 saturated heterocycles. The Balaban J connectivity index is 2.22. The van der Waals surface area contributed by atoms with Crippen molar-refractivity contribution in [2.75, 3.05) is 23.5 Å². The first-order valence-electron chi connectivity index (χ1n) is 8.02. The van der Waals surface area contributed by atoms with Gasteiger partial charge in [-0.1, -0.05) is 41.5 Å². The topological polar surface area (TPSA) is 75.2 Å². The van der Waals surface area contributed by atoms with Crippen LogP contribution in [0.25, 0.3) is 0 Å². The molecule has 0 spiro atoms. The monoisotopic (exact) mass is 350 g/mol. The second kappa shape index (κ2) is 6.70. The van der Waals surface area contributed by atoms with Gasteiger partial charge in [-0.2, -0.15) is 0 Å². The van der Waals surface area contributed by atoms with E-state index < -0.39 is 0 Å². The van der Waals surface area contributed by atoms with E-state index in [0.29, 0.717) is 23.3 Å². The van der Waals surface area contributed by atoms with Crippen LogP contribution in [0.4, 0.5) is 5.82 Å². The van der Waals surface area contributed by atoms with E-state index in [2.05, 4.69) is 36.1 Å². The number of hydrogen-bond donors (Lipinski definition) is 1. The highest BCUT2D eigenvalue weighted by Gasteiger charge is 2.26. The van der Waals surface area contributed by atoms with Crippen molar-refractivity contribution in [3.8, 4) is 0 Å². The molecule has 1 aliphatic rings. The van der Waals surface area contributed by atoms with Crippen molar-refractivity contribution in [3.05, 3.63) is 17.6 Å². The van der Waals surface area contributed by atoms with Crippen LogP contribution in [0.5, 0.6) is 0 Å². The SMILES string of the molecule is CC(C)(C)c1cc(NC(=O)CN2CSCC2=O)nc(C(C)(C)C)n1. The lowest BCUT2D eigenvalue weighted by molar-refractivity contribution is -0.130. The summed E-state index contributed by atoms with van der Waals surface area (Å²) < 4.78 is 0. The summed E-state index contributed by atoms with van der Waals surface area (Å²) >= 11 is 1.52. The molecule has 1 N–H and O–H groups in total. The van der Waals surface area contributed by atoms with Gasteiger partial charge in [-0.05, 0) is 0 Å². The average molecular weight is 350 g/mol. The van der Waals surface area contributed by atoms with Gasteiger partial charge in [0.05, 0.1) is 17.3 Å². The standard InChI is InChI=1S/C17H26N4O2S/c1-16(2,3)11-7-12(20-15(18-11)17(4,5)6)19-13(22)8-21-10-24-9-14(21)23/h7H,8-10H2,1-6H3,(H,18,19,20,22). The lowest BCUT2D eigenvalue weighted by Crippen LogP contribution is -2.35. The minimum absolute atomic E-state index is 0.00333. The number of aromatic nitrogens is 2. The highest BCUT2D eigenvalue weighted by atomic mass is 32.2. The van der Waals surface area contributed by atoms with E-state index in [1.807, 2.05) is 26.8 Å². The summed E-state index contributed by atoms with van der Waals surface area (Å²) in [7, 11) is 0. The average Bonchev–Trinajstić information content (AvgIpc) is 2.81. The Morgan fingerprint density at radius 3 is 2.38 bits per heavy atom. The van der Waals surface area contributed by atoms with Gasteiger partial charge in [0, 0.05) is 16.9 Å². The lowest BCUT2D eigenvalue weighted by atomic mass is 9.90. The quantitative estimate of drug-likeness (QED) is 0.907. The van der Waals surface area contributed by atoms with Crippen molar-refractivity contribution in [3.63, 3.8) is 0 Å². The van der Waals surface area contributed by atoms with Crippen LogP contribution in [0.15, 0.2) is 6.07 Å². The summed E-state index contributed by atoms with van der Waals surface area (Å²) in [6.45, 7) is 12.4. The van der Waals surface area contributed by atoms with Gasteiger partial charge in [-0.25, -0.2) is 9.97 Å². The van der Waals surface area contributed by atoms with E-state index in [9.17, 15) is 9.59 Å². The summed E-state index contributed by atoms with van der Waals surface area (Å²) in [6.07, 6.45) is 0. The summed E-state index contributed by atoms with van der Waals surface area (Å²) in [5.74, 6) is 1.97. The molecule has 0 unspecified atom stereocenters. The minimum atomic E-state index is -0.232. The predicted molar refractivity (Wildman–Crippen MR) is 97.1 cm³/mol. The molecule has 0 radical (unpaired) electrons. The molecule has 0 saturated carbocycles. The Hall–Kier alpha value is -1.63. The molecule has 2 heterocycles. The third-order valence-electron chi connectivity index (χ3n) is 3.59. The first-order chi connectivity index (χ1) is 11.0.